The van der Waals surface area contributed by atoms with Gasteiger partial charge in [-0.15, -0.1) is 0 Å². The highest BCUT2D eigenvalue weighted by Gasteiger charge is 2.12. The smallest absolute Gasteiger partial charge is 0.264 e. The summed E-state index contributed by atoms with van der Waals surface area (Å²) in [4.78, 5) is 13.5. The van der Waals surface area contributed by atoms with Crippen LogP contribution in [0.25, 0.3) is 0 Å². The van der Waals surface area contributed by atoms with Crippen LogP contribution >= 0.6 is 23.2 Å². The molecule has 0 unspecified atom stereocenters. The van der Waals surface area contributed by atoms with E-state index in [9.17, 15) is 9.90 Å². The van der Waals surface area contributed by atoms with Crippen molar-refractivity contribution in [1.82, 2.24) is 0 Å². The number of amides is 1. The lowest BCUT2D eigenvalue weighted by Crippen LogP contribution is -2.31. The number of hydrogen-bond donors (Lipinski definition) is 1. The predicted octanol–water partition coefficient (Wildman–Crippen LogP) is 3.74. The first-order chi connectivity index (χ1) is 9.97. The summed E-state index contributed by atoms with van der Waals surface area (Å²) in [7, 11) is 1.63. The molecule has 0 spiro atoms. The maximum atomic E-state index is 12.0. The third-order valence-corrected chi connectivity index (χ3v) is 3.39. The van der Waals surface area contributed by atoms with E-state index >= 15 is 0 Å². The maximum Gasteiger partial charge on any atom is 0.264 e. The molecule has 4 nitrogen and oxygen atoms in total. The standard InChI is InChI=1S/C15H13Cl2NO3/c1-18(11-3-5-12(19)6-4-11)15(20)9-21-14-7-2-10(16)8-13(14)17/h2-8,19H,9H2,1H3. The second-order valence-corrected chi connectivity index (χ2v) is 5.18. The number of ether oxygens (including phenoxy) is 1. The van der Waals surface area contributed by atoms with Crippen LogP contribution in [-0.2, 0) is 4.79 Å². The largest absolute Gasteiger partial charge is 0.508 e. The number of halogens is 2. The van der Waals surface area contributed by atoms with Gasteiger partial charge in [-0.25, -0.2) is 0 Å². The first-order valence-electron chi connectivity index (χ1n) is 6.11. The molecule has 110 valence electrons. The van der Waals surface area contributed by atoms with E-state index < -0.39 is 0 Å². The lowest BCUT2D eigenvalue weighted by atomic mass is 10.3. The Hall–Kier alpha value is -1.91. The summed E-state index contributed by atoms with van der Waals surface area (Å²) in [5.41, 5.74) is 0.656. The lowest BCUT2D eigenvalue weighted by Gasteiger charge is -2.18. The number of benzene rings is 2. The van der Waals surface area contributed by atoms with E-state index in [1.165, 1.54) is 17.0 Å². The molecule has 2 aromatic carbocycles. The van der Waals surface area contributed by atoms with Crippen LogP contribution in [0.5, 0.6) is 11.5 Å². The summed E-state index contributed by atoms with van der Waals surface area (Å²) in [5, 5.41) is 10.1. The third-order valence-electron chi connectivity index (χ3n) is 2.86. The average molecular weight is 326 g/mol. The van der Waals surface area contributed by atoms with Gasteiger partial charge >= 0.3 is 0 Å². The van der Waals surface area contributed by atoms with Gasteiger partial charge in [-0.1, -0.05) is 23.2 Å². The van der Waals surface area contributed by atoms with Crippen LogP contribution in [-0.4, -0.2) is 24.7 Å². The highest BCUT2D eigenvalue weighted by molar-refractivity contribution is 6.35. The summed E-state index contributed by atoms with van der Waals surface area (Å²) in [6, 6.07) is 11.1. The molecule has 0 heterocycles. The van der Waals surface area contributed by atoms with Gasteiger partial charge in [0.15, 0.2) is 6.61 Å². The number of nitrogens with zero attached hydrogens (tertiary/aromatic N) is 1. The minimum absolute atomic E-state index is 0.142. The third kappa shape index (κ3) is 4.03. The molecule has 0 atom stereocenters. The van der Waals surface area contributed by atoms with Crippen LogP contribution in [0, 0.1) is 0 Å². The summed E-state index contributed by atoms with van der Waals surface area (Å²) in [6.07, 6.45) is 0. The van der Waals surface area contributed by atoms with E-state index in [1.54, 1.807) is 37.4 Å². The molecular weight excluding hydrogens is 313 g/mol. The molecule has 0 saturated heterocycles. The molecule has 2 rings (SSSR count). The van der Waals surface area contributed by atoms with Crippen molar-refractivity contribution in [2.45, 2.75) is 0 Å². The number of hydrogen-bond acceptors (Lipinski definition) is 3. The van der Waals surface area contributed by atoms with E-state index in [0.29, 0.717) is 21.5 Å². The number of likely N-dealkylation sites (N-methyl/N-ethyl adjacent to an activating group) is 1. The Kier molecular flexibility index (Phi) is 4.94. The Morgan fingerprint density at radius 3 is 2.48 bits per heavy atom. The molecule has 0 bridgehead atoms. The van der Waals surface area contributed by atoms with E-state index in [4.69, 9.17) is 27.9 Å². The molecule has 0 aromatic heterocycles. The van der Waals surface area contributed by atoms with Gasteiger partial charge < -0.3 is 14.7 Å². The SMILES string of the molecule is CN(C(=O)COc1ccc(Cl)cc1Cl)c1ccc(O)cc1. The Morgan fingerprint density at radius 2 is 1.86 bits per heavy atom. The quantitative estimate of drug-likeness (QED) is 0.931. The number of phenolic OH excluding ortho intramolecular Hbond substituents is 1. The van der Waals surface area contributed by atoms with E-state index in [0.717, 1.165) is 0 Å². The second-order valence-electron chi connectivity index (χ2n) is 4.33. The molecule has 0 saturated carbocycles. The highest BCUT2D eigenvalue weighted by atomic mass is 35.5. The Labute approximate surface area is 132 Å². The van der Waals surface area contributed by atoms with Crippen LogP contribution < -0.4 is 9.64 Å². The summed E-state index contributed by atoms with van der Waals surface area (Å²) < 4.78 is 5.39. The van der Waals surface area contributed by atoms with Crippen molar-refractivity contribution < 1.29 is 14.6 Å². The molecular formula is C15H13Cl2NO3. The molecule has 21 heavy (non-hydrogen) atoms. The van der Waals surface area contributed by atoms with Crippen LogP contribution in [0.3, 0.4) is 0 Å². The van der Waals surface area contributed by atoms with Crippen molar-refractivity contribution in [3.05, 3.63) is 52.5 Å². The van der Waals surface area contributed by atoms with Gasteiger partial charge in [-0.3, -0.25) is 4.79 Å². The van der Waals surface area contributed by atoms with Crippen molar-refractivity contribution in [3.63, 3.8) is 0 Å². The Morgan fingerprint density at radius 1 is 1.19 bits per heavy atom. The van der Waals surface area contributed by atoms with Gasteiger partial charge in [0.25, 0.3) is 5.91 Å². The molecule has 1 amide bonds. The number of carbonyl (C=O) groups excluding carboxylic acids is 1. The van der Waals surface area contributed by atoms with Crippen molar-refractivity contribution in [2.75, 3.05) is 18.6 Å². The monoisotopic (exact) mass is 325 g/mol. The fourth-order valence-electron chi connectivity index (χ4n) is 1.65. The van der Waals surface area contributed by atoms with Crippen LogP contribution in [0.4, 0.5) is 5.69 Å². The van der Waals surface area contributed by atoms with Crippen LogP contribution in [0.15, 0.2) is 42.5 Å². The Balaban J connectivity index is 1.99. The number of aromatic hydroxyl groups is 1. The topological polar surface area (TPSA) is 49.8 Å². The van der Waals surface area contributed by atoms with Crippen molar-refractivity contribution in [2.24, 2.45) is 0 Å². The Bertz CT molecular complexity index is 644. The normalized spacial score (nSPS) is 10.2. The van der Waals surface area contributed by atoms with Gasteiger partial charge in [-0.2, -0.15) is 0 Å². The first kappa shape index (κ1) is 15.5. The molecule has 0 aliphatic rings. The number of phenols is 1. The van der Waals surface area contributed by atoms with Crippen molar-refractivity contribution in [1.29, 1.82) is 0 Å². The second kappa shape index (κ2) is 6.70. The van der Waals surface area contributed by atoms with Gasteiger partial charge in [0.2, 0.25) is 0 Å². The summed E-state index contributed by atoms with van der Waals surface area (Å²) >= 11 is 11.8. The molecule has 0 fully saturated rings. The zero-order valence-corrected chi connectivity index (χ0v) is 12.7. The fraction of sp³-hybridized carbons (Fsp3) is 0.133. The highest BCUT2D eigenvalue weighted by Crippen LogP contribution is 2.27. The molecule has 2 aromatic rings. The van der Waals surface area contributed by atoms with Crippen molar-refractivity contribution >= 4 is 34.8 Å². The number of carbonyl (C=O) groups is 1. The van der Waals surface area contributed by atoms with E-state index in [-0.39, 0.29) is 18.3 Å². The zero-order valence-electron chi connectivity index (χ0n) is 11.2. The van der Waals surface area contributed by atoms with Crippen molar-refractivity contribution in [3.8, 4) is 11.5 Å². The molecule has 0 radical (unpaired) electrons. The summed E-state index contributed by atoms with van der Waals surface area (Å²) in [6.45, 7) is -0.154. The maximum absolute atomic E-state index is 12.0. The van der Waals surface area contributed by atoms with Crippen LogP contribution in [0.2, 0.25) is 10.0 Å². The fourth-order valence-corrected chi connectivity index (χ4v) is 2.11. The molecule has 0 aliphatic carbocycles. The first-order valence-corrected chi connectivity index (χ1v) is 6.86. The minimum atomic E-state index is -0.244. The average Bonchev–Trinajstić information content (AvgIpc) is 2.46. The van der Waals surface area contributed by atoms with Gasteiger partial charge in [-0.05, 0) is 42.5 Å². The minimum Gasteiger partial charge on any atom is -0.508 e. The van der Waals surface area contributed by atoms with Gasteiger partial charge in [0.1, 0.15) is 11.5 Å². The number of rotatable bonds is 4. The number of anilines is 1. The van der Waals surface area contributed by atoms with E-state index in [2.05, 4.69) is 0 Å². The van der Waals surface area contributed by atoms with Crippen LogP contribution in [0.1, 0.15) is 0 Å². The molecule has 6 heteroatoms. The molecule has 0 aliphatic heterocycles. The zero-order chi connectivity index (χ0) is 15.4. The van der Waals surface area contributed by atoms with Gasteiger partial charge in [0.05, 0.1) is 5.02 Å². The van der Waals surface area contributed by atoms with Gasteiger partial charge in [0, 0.05) is 17.8 Å². The lowest BCUT2D eigenvalue weighted by molar-refractivity contribution is -0.120. The predicted molar refractivity (Wildman–Crippen MR) is 83.5 cm³/mol. The molecule has 1 N–H and O–H groups in total. The van der Waals surface area contributed by atoms with E-state index in [1.807, 2.05) is 0 Å². The summed E-state index contributed by atoms with van der Waals surface area (Å²) in [5.74, 6) is 0.295.